The molecule has 2 atom stereocenters. The molecule has 0 aliphatic heterocycles. The molecule has 0 heterocycles. The van der Waals surface area contributed by atoms with Crippen LogP contribution in [0.3, 0.4) is 0 Å². The van der Waals surface area contributed by atoms with Crippen LogP contribution < -0.4 is 4.89 Å². The van der Waals surface area contributed by atoms with Crippen molar-refractivity contribution < 1.29 is 14.5 Å². The lowest BCUT2D eigenvalue weighted by atomic mass is 9.88. The molecular formula is C29H52INO2P+. The molecule has 5 heteroatoms. The third-order valence-corrected chi connectivity index (χ3v) is 8.72. The Morgan fingerprint density at radius 2 is 1.29 bits per heavy atom. The van der Waals surface area contributed by atoms with Gasteiger partial charge in [0.1, 0.15) is 6.16 Å². The van der Waals surface area contributed by atoms with Gasteiger partial charge in [0, 0.05) is 3.57 Å². The van der Waals surface area contributed by atoms with Crippen LogP contribution in [-0.2, 0) is 0 Å². The number of nitrogens with zero attached hydrogens (tertiary/aromatic N) is 1. The monoisotopic (exact) mass is 604 g/mol. The molecule has 0 amide bonds. The molecule has 0 spiro atoms. The van der Waals surface area contributed by atoms with E-state index < -0.39 is 7.77 Å². The molecule has 0 fully saturated rings. The van der Waals surface area contributed by atoms with Crippen molar-refractivity contribution in [2.24, 2.45) is 0 Å². The molecule has 1 aromatic carbocycles. The lowest BCUT2D eigenvalue weighted by Gasteiger charge is -2.22. The summed E-state index contributed by atoms with van der Waals surface area (Å²) in [5.41, 5.74) is 1.70. The van der Waals surface area contributed by atoms with Crippen LogP contribution in [0.15, 0.2) is 24.3 Å². The minimum atomic E-state index is -1.58. The Balaban J connectivity index is 2.30. The van der Waals surface area contributed by atoms with E-state index in [0.717, 1.165) is 12.8 Å². The summed E-state index contributed by atoms with van der Waals surface area (Å²) in [4.78, 5) is 12.2. The summed E-state index contributed by atoms with van der Waals surface area (Å²) in [5.74, 6) is 0.689. The van der Waals surface area contributed by atoms with Gasteiger partial charge >= 0.3 is 0 Å². The normalized spacial score (nSPS) is 13.7. The SMILES string of the molecule is CCCCCCCCCCC(CCCCCCC/[P+]([O-])=C(\O)C[N+](C)(C)C)c1ccc(I)cc1. The van der Waals surface area contributed by atoms with Crippen molar-refractivity contribution in [3.05, 3.63) is 33.4 Å². The Morgan fingerprint density at radius 3 is 1.79 bits per heavy atom. The molecular weight excluding hydrogens is 552 g/mol. The highest BCUT2D eigenvalue weighted by Crippen LogP contribution is 2.29. The van der Waals surface area contributed by atoms with E-state index >= 15 is 0 Å². The zero-order chi connectivity index (χ0) is 25.2. The molecule has 0 saturated heterocycles. The van der Waals surface area contributed by atoms with Gasteiger partial charge in [0.15, 0.2) is 6.54 Å². The van der Waals surface area contributed by atoms with Gasteiger partial charge in [0.25, 0.3) is 5.48 Å². The maximum Gasteiger partial charge on any atom is 0.273 e. The Morgan fingerprint density at radius 1 is 0.824 bits per heavy atom. The lowest BCUT2D eigenvalue weighted by molar-refractivity contribution is -0.861. The van der Waals surface area contributed by atoms with Gasteiger partial charge in [0.2, 0.25) is 0 Å². The van der Waals surface area contributed by atoms with Crippen LogP contribution in [0, 0.1) is 3.57 Å². The van der Waals surface area contributed by atoms with Crippen molar-refractivity contribution in [2.75, 3.05) is 33.8 Å². The van der Waals surface area contributed by atoms with Crippen LogP contribution in [0.25, 0.3) is 0 Å². The molecule has 1 rings (SSSR count). The van der Waals surface area contributed by atoms with Gasteiger partial charge < -0.3 is 14.5 Å². The number of rotatable bonds is 20. The molecule has 0 aliphatic rings. The highest BCUT2D eigenvalue weighted by atomic mass is 127. The van der Waals surface area contributed by atoms with E-state index in [1.54, 1.807) is 0 Å². The number of aliphatic hydroxyl groups is 1. The van der Waals surface area contributed by atoms with Crippen molar-refractivity contribution in [1.82, 2.24) is 0 Å². The molecule has 1 aromatic rings. The average molecular weight is 605 g/mol. The van der Waals surface area contributed by atoms with Crippen LogP contribution in [0.4, 0.5) is 0 Å². The molecule has 2 unspecified atom stereocenters. The van der Waals surface area contributed by atoms with Gasteiger partial charge in [-0.3, -0.25) is 0 Å². The number of halogens is 1. The maximum atomic E-state index is 12.2. The quantitative estimate of drug-likeness (QED) is 0.0706. The van der Waals surface area contributed by atoms with Gasteiger partial charge in [-0.25, -0.2) is 0 Å². The number of aliphatic hydroxyl groups excluding tert-OH is 1. The van der Waals surface area contributed by atoms with E-state index in [-0.39, 0.29) is 5.48 Å². The number of hydrogen-bond donors (Lipinski definition) is 1. The van der Waals surface area contributed by atoms with Crippen LogP contribution >= 0.6 is 30.4 Å². The summed E-state index contributed by atoms with van der Waals surface area (Å²) < 4.78 is 1.93. The highest BCUT2D eigenvalue weighted by molar-refractivity contribution is 14.1. The topological polar surface area (TPSA) is 43.3 Å². The van der Waals surface area contributed by atoms with E-state index in [0.29, 0.717) is 23.1 Å². The highest BCUT2D eigenvalue weighted by Gasteiger charge is 2.17. The van der Waals surface area contributed by atoms with Crippen molar-refractivity contribution in [3.63, 3.8) is 0 Å². The second kappa shape index (κ2) is 19.2. The first-order valence-corrected chi connectivity index (χ1v) is 16.3. The Labute approximate surface area is 225 Å². The van der Waals surface area contributed by atoms with Gasteiger partial charge in [-0.15, -0.1) is 0 Å². The molecule has 0 saturated carbocycles. The summed E-state index contributed by atoms with van der Waals surface area (Å²) in [6.07, 6.45) is 20.1. The fourth-order valence-electron chi connectivity index (χ4n) is 4.55. The maximum absolute atomic E-state index is 12.2. The second-order valence-corrected chi connectivity index (χ2v) is 14.0. The predicted molar refractivity (Wildman–Crippen MR) is 158 cm³/mol. The first kappa shape index (κ1) is 32.0. The molecule has 34 heavy (non-hydrogen) atoms. The minimum Gasteiger partial charge on any atom is -0.629 e. The Bertz CT molecular complexity index is 670. The third kappa shape index (κ3) is 16.6. The van der Waals surface area contributed by atoms with E-state index in [2.05, 4.69) is 53.8 Å². The number of quaternary nitrogens is 1. The van der Waals surface area contributed by atoms with Crippen molar-refractivity contribution in [3.8, 4) is 0 Å². The first-order chi connectivity index (χ1) is 16.2. The van der Waals surface area contributed by atoms with Crippen molar-refractivity contribution >= 4 is 35.8 Å². The molecule has 196 valence electrons. The summed E-state index contributed by atoms with van der Waals surface area (Å²) in [5, 5.41) is 10.1. The largest absolute Gasteiger partial charge is 0.629 e. The summed E-state index contributed by atoms with van der Waals surface area (Å²) >= 11 is 2.40. The van der Waals surface area contributed by atoms with E-state index in [4.69, 9.17) is 0 Å². The third-order valence-electron chi connectivity index (χ3n) is 6.56. The minimum absolute atomic E-state index is 0.184. The fraction of sp³-hybridized carbons (Fsp3) is 0.759. The summed E-state index contributed by atoms with van der Waals surface area (Å²) in [7, 11) is 4.45. The number of hydrogen-bond acceptors (Lipinski definition) is 1. The first-order valence-electron chi connectivity index (χ1n) is 13.8. The van der Waals surface area contributed by atoms with Crippen molar-refractivity contribution in [1.29, 1.82) is 0 Å². The molecule has 0 bridgehead atoms. The molecule has 1 N–H and O–H groups in total. The second-order valence-electron chi connectivity index (χ2n) is 11.0. The Hall–Kier alpha value is -0.0000000000000000555. The van der Waals surface area contributed by atoms with E-state index in [1.165, 1.54) is 92.6 Å². The molecule has 0 aromatic heterocycles. The van der Waals surface area contributed by atoms with Crippen LogP contribution in [-0.4, -0.2) is 48.9 Å². The number of likely N-dealkylation sites (N-methyl/N-ethyl adjacent to an activating group) is 1. The van der Waals surface area contributed by atoms with Crippen molar-refractivity contribution in [2.45, 2.75) is 109 Å². The zero-order valence-electron chi connectivity index (χ0n) is 22.5. The molecule has 0 aliphatic carbocycles. The lowest BCUT2D eigenvalue weighted by Crippen LogP contribution is -2.39. The van der Waals surface area contributed by atoms with E-state index in [9.17, 15) is 10.00 Å². The van der Waals surface area contributed by atoms with Crippen LogP contribution in [0.1, 0.15) is 115 Å². The Kier molecular flexibility index (Phi) is 18.0. The standard InChI is InChI=1S/C29H51INO2P/c1-5-6-7-8-9-10-12-15-18-26(27-20-22-28(30)23-21-27)19-16-13-11-14-17-24-34(33)29(32)25-31(2,3)4/h20-23,26H,5-19,24-25H2,1-4H3/p+1. The summed E-state index contributed by atoms with van der Waals surface area (Å²) in [6, 6.07) is 9.19. The van der Waals surface area contributed by atoms with Gasteiger partial charge in [0.05, 0.1) is 28.9 Å². The van der Waals surface area contributed by atoms with Crippen LogP contribution in [0.2, 0.25) is 0 Å². The average Bonchev–Trinajstić information content (AvgIpc) is 2.78. The van der Waals surface area contributed by atoms with Crippen LogP contribution in [0.5, 0.6) is 0 Å². The number of benzene rings is 1. The zero-order valence-corrected chi connectivity index (χ0v) is 25.6. The smallest absolute Gasteiger partial charge is 0.273 e. The van der Waals surface area contributed by atoms with Gasteiger partial charge in [-0.1, -0.05) is 89.7 Å². The molecule has 3 nitrogen and oxygen atoms in total. The van der Waals surface area contributed by atoms with Gasteiger partial charge in [-0.05, 0) is 71.9 Å². The fourth-order valence-corrected chi connectivity index (χ4v) is 6.26. The van der Waals surface area contributed by atoms with Gasteiger partial charge in [-0.2, -0.15) is 0 Å². The predicted octanol–water partition coefficient (Wildman–Crippen LogP) is 8.21. The van der Waals surface area contributed by atoms with E-state index in [1.807, 2.05) is 21.1 Å². The summed E-state index contributed by atoms with van der Waals surface area (Å²) in [6.45, 7) is 2.76. The molecule has 0 radical (unpaired) electrons. The number of unbranched alkanes of at least 4 members (excludes halogenated alkanes) is 11.